The van der Waals surface area contributed by atoms with Gasteiger partial charge in [0.05, 0.1) is 10.6 Å². The summed E-state index contributed by atoms with van der Waals surface area (Å²) in [4.78, 5) is 23.4. The average molecular weight is 428 g/mol. The average Bonchev–Trinajstić information content (AvgIpc) is 3.17. The summed E-state index contributed by atoms with van der Waals surface area (Å²) in [6, 6.07) is 8.24. The molecule has 0 radical (unpaired) electrons. The summed E-state index contributed by atoms with van der Waals surface area (Å²) in [6.45, 7) is 0. The van der Waals surface area contributed by atoms with Crippen molar-refractivity contribution in [3.8, 4) is 11.5 Å². The molecular weight excluding hydrogens is 415 g/mol. The molecule has 1 heterocycles. The molecule has 0 aromatic heterocycles. The number of benzene rings is 2. The molecule has 1 aliphatic heterocycles. The summed E-state index contributed by atoms with van der Waals surface area (Å²) in [5.74, 6) is 0.237. The van der Waals surface area contributed by atoms with E-state index in [1.165, 1.54) is 6.07 Å². The van der Waals surface area contributed by atoms with Gasteiger partial charge in [-0.15, -0.1) is 0 Å². The highest BCUT2D eigenvalue weighted by molar-refractivity contribution is 8.15. The van der Waals surface area contributed by atoms with E-state index in [4.69, 9.17) is 16.3 Å². The number of imide groups is 1. The number of carbonyl (C=O) groups is 2. The minimum absolute atomic E-state index is 0.0600. The number of halogens is 4. The van der Waals surface area contributed by atoms with Crippen LogP contribution in [0.15, 0.2) is 36.4 Å². The van der Waals surface area contributed by atoms with Gasteiger partial charge < -0.3 is 4.74 Å². The monoisotopic (exact) mass is 427 g/mol. The SMILES string of the molecule is O=C1NC(=O)C([C@@H]2CCc3cc(Oc4ccc(C(F)(F)F)cc4Cl)ccc32)S1. The van der Waals surface area contributed by atoms with Crippen molar-refractivity contribution in [2.24, 2.45) is 0 Å². The Hall–Kier alpha value is -2.19. The Morgan fingerprint density at radius 3 is 2.57 bits per heavy atom. The maximum absolute atomic E-state index is 12.7. The highest BCUT2D eigenvalue weighted by Gasteiger charge is 2.41. The van der Waals surface area contributed by atoms with Crippen molar-refractivity contribution in [3.05, 3.63) is 58.1 Å². The van der Waals surface area contributed by atoms with Gasteiger partial charge in [0, 0.05) is 5.92 Å². The Balaban J connectivity index is 1.54. The minimum Gasteiger partial charge on any atom is -0.456 e. The van der Waals surface area contributed by atoms with Crippen LogP contribution in [0.2, 0.25) is 5.02 Å². The molecule has 2 aliphatic rings. The van der Waals surface area contributed by atoms with Gasteiger partial charge in [-0.2, -0.15) is 13.2 Å². The fourth-order valence-electron chi connectivity index (χ4n) is 3.53. The van der Waals surface area contributed by atoms with E-state index in [1.807, 2.05) is 6.07 Å². The Bertz CT molecular complexity index is 979. The number of hydrogen-bond acceptors (Lipinski definition) is 4. The van der Waals surface area contributed by atoms with Gasteiger partial charge in [-0.25, -0.2) is 0 Å². The first-order chi connectivity index (χ1) is 13.2. The van der Waals surface area contributed by atoms with Crippen molar-refractivity contribution >= 4 is 34.5 Å². The largest absolute Gasteiger partial charge is 0.456 e. The predicted molar refractivity (Wildman–Crippen MR) is 98.9 cm³/mol. The summed E-state index contributed by atoms with van der Waals surface area (Å²) in [5, 5.41) is 1.40. The zero-order valence-corrected chi connectivity index (χ0v) is 15.8. The van der Waals surface area contributed by atoms with Gasteiger partial charge in [-0.1, -0.05) is 29.4 Å². The predicted octanol–water partition coefficient (Wildman–Crippen LogP) is 5.53. The van der Waals surface area contributed by atoms with E-state index in [-0.39, 0.29) is 27.8 Å². The van der Waals surface area contributed by atoms with Crippen molar-refractivity contribution in [3.63, 3.8) is 0 Å². The molecule has 0 spiro atoms. The Morgan fingerprint density at radius 2 is 1.93 bits per heavy atom. The molecule has 1 saturated heterocycles. The maximum Gasteiger partial charge on any atom is 0.416 e. The third-order valence-electron chi connectivity index (χ3n) is 4.81. The molecule has 0 saturated carbocycles. The molecular formula is C19H13ClF3NO3S. The first-order valence-electron chi connectivity index (χ1n) is 8.41. The zero-order chi connectivity index (χ0) is 20.1. The van der Waals surface area contributed by atoms with Crippen molar-refractivity contribution in [1.29, 1.82) is 0 Å². The fraction of sp³-hybridized carbons (Fsp3) is 0.263. The summed E-state index contributed by atoms with van der Waals surface area (Å²) >= 11 is 6.94. The van der Waals surface area contributed by atoms with Crippen LogP contribution < -0.4 is 10.1 Å². The van der Waals surface area contributed by atoms with Gasteiger partial charge >= 0.3 is 6.18 Å². The number of ether oxygens (including phenoxy) is 1. The highest BCUT2D eigenvalue weighted by Crippen LogP contribution is 2.44. The second-order valence-corrected chi connectivity index (χ2v) is 8.09. The van der Waals surface area contributed by atoms with Crippen LogP contribution in [-0.2, 0) is 17.4 Å². The van der Waals surface area contributed by atoms with Gasteiger partial charge in [0.25, 0.3) is 5.24 Å². The minimum atomic E-state index is -4.48. The third-order valence-corrected chi connectivity index (χ3v) is 6.22. The summed E-state index contributed by atoms with van der Waals surface area (Å²) in [5.41, 5.74) is 1.12. The van der Waals surface area contributed by atoms with E-state index in [1.54, 1.807) is 12.1 Å². The van der Waals surface area contributed by atoms with Gasteiger partial charge in [0.15, 0.2) is 0 Å². The number of carbonyl (C=O) groups excluding carboxylic acids is 2. The zero-order valence-electron chi connectivity index (χ0n) is 14.2. The van der Waals surface area contributed by atoms with E-state index in [9.17, 15) is 22.8 Å². The van der Waals surface area contributed by atoms with Crippen LogP contribution in [0, 0.1) is 0 Å². The van der Waals surface area contributed by atoms with E-state index in [2.05, 4.69) is 5.32 Å². The lowest BCUT2D eigenvalue weighted by atomic mass is 9.97. The van der Waals surface area contributed by atoms with Crippen LogP contribution in [-0.4, -0.2) is 16.4 Å². The third kappa shape index (κ3) is 3.58. The van der Waals surface area contributed by atoms with Gasteiger partial charge in [-0.05, 0) is 54.3 Å². The molecule has 2 atom stereocenters. The Labute approximate surface area is 167 Å². The van der Waals surface area contributed by atoms with Crippen LogP contribution in [0.3, 0.4) is 0 Å². The number of thioether (sulfide) groups is 1. The first kappa shape index (κ1) is 19.1. The molecule has 1 N–H and O–H groups in total. The topological polar surface area (TPSA) is 55.4 Å². The van der Waals surface area contributed by atoms with Crippen molar-refractivity contribution in [2.45, 2.75) is 30.2 Å². The maximum atomic E-state index is 12.7. The van der Waals surface area contributed by atoms with Crippen LogP contribution in [0.4, 0.5) is 18.0 Å². The Morgan fingerprint density at radius 1 is 1.14 bits per heavy atom. The van der Waals surface area contributed by atoms with Crippen LogP contribution in [0.1, 0.15) is 29.0 Å². The quantitative estimate of drug-likeness (QED) is 0.699. The molecule has 1 aliphatic carbocycles. The lowest BCUT2D eigenvalue weighted by Crippen LogP contribution is -2.27. The molecule has 28 heavy (non-hydrogen) atoms. The number of hydrogen-bond donors (Lipinski definition) is 1. The number of aryl methyl sites for hydroxylation is 1. The molecule has 1 fully saturated rings. The standard InChI is InChI=1S/C19H13ClF3NO3S/c20-14-8-10(19(21,22)23)2-6-15(14)27-11-3-5-12-9(7-11)1-4-13(12)16-17(25)24-18(26)28-16/h2-3,5-8,13,16H,1,4H2,(H,24,25,26)/t13-,16?/m1/s1. The number of alkyl halides is 3. The summed E-state index contributed by atoms with van der Waals surface area (Å²) < 4.78 is 43.9. The van der Waals surface area contributed by atoms with E-state index in [0.29, 0.717) is 5.75 Å². The van der Waals surface area contributed by atoms with Gasteiger partial charge in [0.2, 0.25) is 5.91 Å². The number of fused-ring (bicyclic) bond motifs is 1. The van der Waals surface area contributed by atoms with Gasteiger partial charge in [-0.3, -0.25) is 14.9 Å². The lowest BCUT2D eigenvalue weighted by Gasteiger charge is -2.16. The van der Waals surface area contributed by atoms with Gasteiger partial charge in [0.1, 0.15) is 16.7 Å². The second kappa shape index (κ2) is 7.00. The molecule has 2 aromatic rings. The number of rotatable bonds is 3. The fourth-order valence-corrected chi connectivity index (χ4v) is 4.75. The molecule has 4 rings (SSSR count). The molecule has 146 valence electrons. The van der Waals surface area contributed by atoms with Crippen molar-refractivity contribution in [2.75, 3.05) is 0 Å². The molecule has 4 nitrogen and oxygen atoms in total. The van der Waals surface area contributed by atoms with E-state index >= 15 is 0 Å². The lowest BCUT2D eigenvalue weighted by molar-refractivity contribution is -0.137. The molecule has 2 amide bonds. The van der Waals surface area contributed by atoms with E-state index in [0.717, 1.165) is 47.9 Å². The summed E-state index contributed by atoms with van der Waals surface area (Å²) in [7, 11) is 0. The smallest absolute Gasteiger partial charge is 0.416 e. The molecule has 0 bridgehead atoms. The molecule has 9 heteroatoms. The summed E-state index contributed by atoms with van der Waals surface area (Å²) in [6.07, 6.45) is -3.02. The normalized spacial score (nSPS) is 21.6. The van der Waals surface area contributed by atoms with Crippen LogP contribution in [0.5, 0.6) is 11.5 Å². The number of amides is 2. The van der Waals surface area contributed by atoms with Crippen LogP contribution >= 0.6 is 23.4 Å². The molecule has 2 aromatic carbocycles. The highest BCUT2D eigenvalue weighted by atomic mass is 35.5. The van der Waals surface area contributed by atoms with Crippen LogP contribution in [0.25, 0.3) is 0 Å². The Kier molecular flexibility index (Phi) is 4.79. The van der Waals surface area contributed by atoms with E-state index < -0.39 is 17.0 Å². The molecule has 1 unspecified atom stereocenters. The van der Waals surface area contributed by atoms with Crippen molar-refractivity contribution < 1.29 is 27.5 Å². The number of nitrogens with one attached hydrogen (secondary N) is 1. The second-order valence-electron chi connectivity index (χ2n) is 6.57. The van der Waals surface area contributed by atoms with Crippen molar-refractivity contribution in [1.82, 2.24) is 5.32 Å². The first-order valence-corrected chi connectivity index (χ1v) is 9.67.